The third-order valence-electron chi connectivity index (χ3n) is 4.64. The summed E-state index contributed by atoms with van der Waals surface area (Å²) in [6.07, 6.45) is 5.38. The van der Waals surface area contributed by atoms with Crippen LogP contribution in [-0.4, -0.2) is 20.1 Å². The predicted octanol–water partition coefficient (Wildman–Crippen LogP) is 4.82. The molecule has 148 valence electrons. The number of hydrogen-bond donors (Lipinski definition) is 1. The van der Waals surface area contributed by atoms with Gasteiger partial charge in [-0.05, 0) is 70.9 Å². The summed E-state index contributed by atoms with van der Waals surface area (Å²) in [6.45, 7) is 0. The highest BCUT2D eigenvalue weighted by Gasteiger charge is 2.23. The molecule has 1 aromatic carbocycles. The Balaban J connectivity index is 1.91. The van der Waals surface area contributed by atoms with Gasteiger partial charge in [0.05, 0.1) is 24.3 Å². The lowest BCUT2D eigenvalue weighted by Gasteiger charge is -2.10. The molecule has 0 unspecified atom stereocenters. The number of nitrogens with zero attached hydrogens (tertiary/aromatic N) is 2. The predicted molar refractivity (Wildman–Crippen MR) is 115 cm³/mol. The number of nitriles is 2. The Morgan fingerprint density at radius 1 is 1.24 bits per heavy atom. The van der Waals surface area contributed by atoms with Crippen LogP contribution >= 0.6 is 27.3 Å². The molecule has 1 amide bonds. The normalized spacial score (nSPS) is 13.1. The van der Waals surface area contributed by atoms with Gasteiger partial charge in [0, 0.05) is 4.88 Å². The van der Waals surface area contributed by atoms with E-state index in [4.69, 9.17) is 9.47 Å². The van der Waals surface area contributed by atoms with Crippen molar-refractivity contribution in [3.63, 3.8) is 0 Å². The number of benzene rings is 1. The number of aryl methyl sites for hydroxylation is 1. The van der Waals surface area contributed by atoms with Crippen molar-refractivity contribution in [2.45, 2.75) is 25.7 Å². The summed E-state index contributed by atoms with van der Waals surface area (Å²) < 4.78 is 11.2. The summed E-state index contributed by atoms with van der Waals surface area (Å²) in [6, 6.07) is 7.56. The number of thiophene rings is 1. The highest BCUT2D eigenvalue weighted by molar-refractivity contribution is 9.10. The Morgan fingerprint density at radius 2 is 2.00 bits per heavy atom. The minimum Gasteiger partial charge on any atom is -0.493 e. The van der Waals surface area contributed by atoms with E-state index >= 15 is 0 Å². The third-order valence-corrected chi connectivity index (χ3v) is 6.44. The van der Waals surface area contributed by atoms with E-state index in [2.05, 4.69) is 27.3 Å². The average molecular weight is 472 g/mol. The summed E-state index contributed by atoms with van der Waals surface area (Å²) in [5, 5.41) is 22.3. The zero-order chi connectivity index (χ0) is 21.0. The van der Waals surface area contributed by atoms with Crippen LogP contribution < -0.4 is 14.8 Å². The van der Waals surface area contributed by atoms with Crippen LogP contribution in [0.15, 0.2) is 22.2 Å². The van der Waals surface area contributed by atoms with Crippen molar-refractivity contribution in [2.24, 2.45) is 0 Å². The van der Waals surface area contributed by atoms with Crippen LogP contribution in [0.3, 0.4) is 0 Å². The molecule has 0 fully saturated rings. The Bertz CT molecular complexity index is 1080. The minimum absolute atomic E-state index is 0.0700. The molecule has 1 N–H and O–H groups in total. The SMILES string of the molecule is COc1cc(/C=C(\C#N)C(=O)Nc2sc3c(c2C#N)CCCC3)cc(Br)c1OC. The third kappa shape index (κ3) is 4.29. The Hall–Kier alpha value is -2.81. The van der Waals surface area contributed by atoms with Gasteiger partial charge in [-0.15, -0.1) is 11.3 Å². The molecular weight excluding hydrogens is 454 g/mol. The highest BCUT2D eigenvalue weighted by atomic mass is 79.9. The number of hydrogen-bond acceptors (Lipinski definition) is 6. The van der Waals surface area contributed by atoms with Gasteiger partial charge < -0.3 is 14.8 Å². The van der Waals surface area contributed by atoms with Crippen molar-refractivity contribution in [3.8, 4) is 23.6 Å². The molecule has 0 atom stereocenters. The number of carbonyl (C=O) groups excluding carboxylic acids is 1. The van der Waals surface area contributed by atoms with Gasteiger partial charge in [-0.2, -0.15) is 10.5 Å². The van der Waals surface area contributed by atoms with Crippen LogP contribution in [0.5, 0.6) is 11.5 Å². The molecule has 1 aromatic heterocycles. The van der Waals surface area contributed by atoms with E-state index in [1.807, 2.05) is 6.07 Å². The molecule has 0 bridgehead atoms. The molecule has 2 aromatic rings. The smallest absolute Gasteiger partial charge is 0.266 e. The molecule has 8 heteroatoms. The first-order valence-corrected chi connectivity index (χ1v) is 10.5. The molecule has 0 saturated heterocycles. The summed E-state index contributed by atoms with van der Waals surface area (Å²) in [5.74, 6) is 0.451. The fraction of sp³-hybridized carbons (Fsp3) is 0.286. The van der Waals surface area contributed by atoms with Gasteiger partial charge in [0.15, 0.2) is 11.5 Å². The quantitative estimate of drug-likeness (QED) is 0.497. The fourth-order valence-corrected chi connectivity index (χ4v) is 5.14. The van der Waals surface area contributed by atoms with Crippen molar-refractivity contribution < 1.29 is 14.3 Å². The first-order valence-electron chi connectivity index (χ1n) is 8.91. The van der Waals surface area contributed by atoms with Gasteiger partial charge in [0.1, 0.15) is 22.7 Å². The second-order valence-corrected chi connectivity index (χ2v) is 8.35. The molecule has 0 aliphatic heterocycles. The maximum Gasteiger partial charge on any atom is 0.266 e. The van der Waals surface area contributed by atoms with Gasteiger partial charge in [-0.3, -0.25) is 4.79 Å². The standard InChI is InChI=1S/C21H18BrN3O3S/c1-27-17-9-12(8-16(22)19(17)28-2)7-13(10-23)20(26)25-21-15(11-24)14-5-3-4-6-18(14)29-21/h7-9H,3-6H2,1-2H3,(H,25,26)/b13-7+. The minimum atomic E-state index is -0.548. The van der Waals surface area contributed by atoms with E-state index in [0.29, 0.717) is 32.1 Å². The Labute approximate surface area is 181 Å². The van der Waals surface area contributed by atoms with E-state index in [1.165, 1.54) is 31.6 Å². The number of methoxy groups -OCH3 is 2. The van der Waals surface area contributed by atoms with Crippen molar-refractivity contribution in [1.82, 2.24) is 0 Å². The number of anilines is 1. The second-order valence-electron chi connectivity index (χ2n) is 6.39. The molecular formula is C21H18BrN3O3S. The van der Waals surface area contributed by atoms with Gasteiger partial charge >= 0.3 is 0 Å². The van der Waals surface area contributed by atoms with Gasteiger partial charge in [0.2, 0.25) is 0 Å². The monoisotopic (exact) mass is 471 g/mol. The van der Waals surface area contributed by atoms with Crippen LogP contribution in [0.4, 0.5) is 5.00 Å². The first-order chi connectivity index (χ1) is 14.0. The van der Waals surface area contributed by atoms with Crippen molar-refractivity contribution >= 4 is 44.3 Å². The van der Waals surface area contributed by atoms with Crippen LogP contribution in [0.25, 0.3) is 6.08 Å². The average Bonchev–Trinajstić information content (AvgIpc) is 3.08. The molecule has 3 rings (SSSR count). The Morgan fingerprint density at radius 3 is 2.66 bits per heavy atom. The van der Waals surface area contributed by atoms with Crippen molar-refractivity contribution in [2.75, 3.05) is 19.5 Å². The second kappa shape index (κ2) is 9.13. The van der Waals surface area contributed by atoms with E-state index in [-0.39, 0.29) is 5.57 Å². The van der Waals surface area contributed by atoms with Crippen LogP contribution in [-0.2, 0) is 17.6 Å². The number of ether oxygens (including phenoxy) is 2. The van der Waals surface area contributed by atoms with Gasteiger partial charge in [-0.25, -0.2) is 0 Å². The van der Waals surface area contributed by atoms with Crippen LogP contribution in [0.2, 0.25) is 0 Å². The van der Waals surface area contributed by atoms with Crippen LogP contribution in [0, 0.1) is 22.7 Å². The first kappa shape index (κ1) is 20.9. The van der Waals surface area contributed by atoms with Crippen LogP contribution in [0.1, 0.15) is 34.4 Å². The van der Waals surface area contributed by atoms with E-state index in [0.717, 1.165) is 36.1 Å². The number of halogens is 1. The highest BCUT2D eigenvalue weighted by Crippen LogP contribution is 2.38. The van der Waals surface area contributed by atoms with Crippen molar-refractivity contribution in [3.05, 3.63) is 43.7 Å². The molecule has 6 nitrogen and oxygen atoms in total. The lowest BCUT2D eigenvalue weighted by Crippen LogP contribution is -2.13. The van der Waals surface area contributed by atoms with Gasteiger partial charge in [0.25, 0.3) is 5.91 Å². The van der Waals surface area contributed by atoms with E-state index < -0.39 is 5.91 Å². The number of nitrogens with one attached hydrogen (secondary N) is 1. The van der Waals surface area contributed by atoms with E-state index in [1.54, 1.807) is 12.1 Å². The molecule has 0 spiro atoms. The number of amides is 1. The summed E-state index contributed by atoms with van der Waals surface area (Å²) >= 11 is 4.83. The maximum atomic E-state index is 12.7. The summed E-state index contributed by atoms with van der Waals surface area (Å²) in [7, 11) is 3.04. The van der Waals surface area contributed by atoms with Crippen molar-refractivity contribution in [1.29, 1.82) is 10.5 Å². The molecule has 0 radical (unpaired) electrons. The number of rotatable bonds is 5. The lowest BCUT2D eigenvalue weighted by atomic mass is 9.96. The number of fused-ring (bicyclic) bond motifs is 1. The Kier molecular flexibility index (Phi) is 6.58. The zero-order valence-electron chi connectivity index (χ0n) is 16.0. The topological polar surface area (TPSA) is 95.1 Å². The largest absolute Gasteiger partial charge is 0.493 e. The summed E-state index contributed by atoms with van der Waals surface area (Å²) in [4.78, 5) is 13.9. The lowest BCUT2D eigenvalue weighted by molar-refractivity contribution is -0.112. The molecule has 1 aliphatic rings. The van der Waals surface area contributed by atoms with Gasteiger partial charge in [-0.1, -0.05) is 0 Å². The molecule has 1 aliphatic carbocycles. The fourth-order valence-electron chi connectivity index (χ4n) is 3.28. The molecule has 0 saturated carbocycles. The molecule has 29 heavy (non-hydrogen) atoms. The molecule has 1 heterocycles. The zero-order valence-corrected chi connectivity index (χ0v) is 18.4. The summed E-state index contributed by atoms with van der Waals surface area (Å²) in [5.41, 5.74) is 2.08. The maximum absolute atomic E-state index is 12.7. The number of carbonyl (C=O) groups is 1. The van der Waals surface area contributed by atoms with E-state index in [9.17, 15) is 15.3 Å².